The molecule has 480 valence electrons. The first-order valence-electron chi connectivity index (χ1n) is 35.8. The second-order valence-corrected chi connectivity index (χ2v) is 24.5. The highest BCUT2D eigenvalue weighted by Crippen LogP contribution is 2.40. The summed E-state index contributed by atoms with van der Waals surface area (Å²) in [6.45, 7) is 2.09. The minimum Gasteiger partial charge on any atom is -0.455 e. The van der Waals surface area contributed by atoms with Crippen LogP contribution >= 0.6 is 0 Å². The average molecular weight is 1300 g/mol. The number of furan rings is 5. The van der Waals surface area contributed by atoms with E-state index < -0.39 is 13.7 Å². The molecular formula is C90H65N5O5. The van der Waals surface area contributed by atoms with Gasteiger partial charge in [0.1, 0.15) is 50.1 Å². The number of benzene rings is 10. The lowest BCUT2D eigenvalue weighted by molar-refractivity contribution is 0.655. The van der Waals surface area contributed by atoms with Crippen LogP contribution in [0.15, 0.2) is 326 Å². The summed E-state index contributed by atoms with van der Waals surface area (Å²) in [4.78, 5) is 21.7. The number of pyridine rings is 5. The van der Waals surface area contributed by atoms with Gasteiger partial charge in [-0.15, -0.1) is 0 Å². The van der Waals surface area contributed by atoms with Crippen molar-refractivity contribution < 1.29 is 30.3 Å². The van der Waals surface area contributed by atoms with E-state index in [1.165, 1.54) is 22.3 Å². The second kappa shape index (κ2) is 26.9. The van der Waals surface area contributed by atoms with E-state index in [9.17, 15) is 0 Å². The van der Waals surface area contributed by atoms with Crippen molar-refractivity contribution in [3.63, 3.8) is 0 Å². The summed E-state index contributed by atoms with van der Waals surface area (Å²) in [5.74, 6) is 0. The van der Waals surface area contributed by atoms with Crippen molar-refractivity contribution in [3.05, 3.63) is 332 Å². The molecule has 0 saturated carbocycles. The van der Waals surface area contributed by atoms with Gasteiger partial charge < -0.3 is 22.1 Å². The lowest BCUT2D eigenvalue weighted by Crippen LogP contribution is -1.81. The Bertz CT molecular complexity index is 6040. The third-order valence-corrected chi connectivity index (χ3v) is 17.9. The summed E-state index contributed by atoms with van der Waals surface area (Å²) < 4.78 is 74.7. The minimum absolute atomic E-state index is 0.333. The Kier molecular flexibility index (Phi) is 14.8. The lowest BCUT2D eigenvalue weighted by atomic mass is 10.0. The molecule has 0 N–H and O–H groups in total. The first kappa shape index (κ1) is 55.1. The maximum absolute atomic E-state index is 7.46. The van der Waals surface area contributed by atoms with Crippen LogP contribution in [0.1, 0.15) is 36.0 Å². The molecule has 0 aliphatic heterocycles. The predicted octanol–water partition coefficient (Wildman–Crippen LogP) is 24.8. The Morgan fingerprint density at radius 2 is 0.650 bits per heavy atom. The van der Waals surface area contributed by atoms with Crippen LogP contribution < -0.4 is 0 Å². The molecule has 10 nitrogen and oxygen atoms in total. The van der Waals surface area contributed by atoms with Gasteiger partial charge in [0.25, 0.3) is 0 Å². The van der Waals surface area contributed by atoms with Crippen LogP contribution in [0.5, 0.6) is 0 Å². The van der Waals surface area contributed by atoms with Gasteiger partial charge in [-0.2, -0.15) is 0 Å². The highest BCUT2D eigenvalue weighted by atomic mass is 16.3. The molecule has 0 fully saturated rings. The van der Waals surface area contributed by atoms with Crippen LogP contribution in [0.2, 0.25) is 0 Å². The first-order valence-corrected chi connectivity index (χ1v) is 32.8. The van der Waals surface area contributed by atoms with Crippen LogP contribution in [0.25, 0.3) is 166 Å². The topological polar surface area (TPSA) is 130 Å². The molecule has 10 heteroatoms. The van der Waals surface area contributed by atoms with Gasteiger partial charge in [-0.1, -0.05) is 228 Å². The zero-order chi connectivity index (χ0) is 72.6. The number of aromatic nitrogens is 5. The second-order valence-electron chi connectivity index (χ2n) is 24.5. The van der Waals surface area contributed by atoms with Crippen molar-refractivity contribution in [2.75, 3.05) is 0 Å². The summed E-state index contributed by atoms with van der Waals surface area (Å²) in [6, 6.07) is 85.0. The Hall–Kier alpha value is -13.1. The van der Waals surface area contributed by atoms with Crippen molar-refractivity contribution in [3.8, 4) is 55.6 Å². The van der Waals surface area contributed by atoms with Crippen LogP contribution in [0.4, 0.5) is 0 Å². The van der Waals surface area contributed by atoms with Gasteiger partial charge in [0.2, 0.25) is 5.71 Å². The van der Waals surface area contributed by atoms with Gasteiger partial charge >= 0.3 is 0 Å². The summed E-state index contributed by atoms with van der Waals surface area (Å²) in [6.07, 6.45) is 12.6. The van der Waals surface area contributed by atoms with Gasteiger partial charge in [0.15, 0.2) is 11.2 Å². The number of rotatable bonds is 5. The number of nitrogens with zero attached hydrogens (tertiary/aromatic N) is 5. The minimum atomic E-state index is -2.09. The fourth-order valence-corrected chi connectivity index (χ4v) is 12.8. The Labute approximate surface area is 584 Å². The van der Waals surface area contributed by atoms with E-state index in [0.717, 1.165) is 154 Å². The van der Waals surface area contributed by atoms with Gasteiger partial charge in [-0.3, -0.25) is 19.9 Å². The number of fused-ring (bicyclic) bond motifs is 15. The van der Waals surface area contributed by atoms with Crippen LogP contribution in [-0.4, -0.2) is 24.9 Å². The number of hydrogen-bond acceptors (Lipinski definition) is 10. The fourth-order valence-electron chi connectivity index (χ4n) is 12.8. The molecule has 0 radical (unpaired) electrons. The average Bonchev–Trinajstić information content (AvgIpc) is 1.65. The Morgan fingerprint density at radius 3 is 1.26 bits per heavy atom. The highest BCUT2D eigenvalue weighted by Gasteiger charge is 2.18. The summed E-state index contributed by atoms with van der Waals surface area (Å²) in [5, 5.41) is 8.37. The fraction of sp³-hybridized carbons (Fsp3) is 0.0556. The zero-order valence-corrected chi connectivity index (χ0v) is 54.6. The molecule has 10 aromatic carbocycles. The van der Waals surface area contributed by atoms with E-state index >= 15 is 0 Å². The molecule has 0 unspecified atom stereocenters. The summed E-state index contributed by atoms with van der Waals surface area (Å²) >= 11 is 0. The molecule has 0 aliphatic rings. The highest BCUT2D eigenvalue weighted by molar-refractivity contribution is 6.12. The zero-order valence-electron chi connectivity index (χ0n) is 60.6. The van der Waals surface area contributed by atoms with E-state index in [4.69, 9.17) is 30.3 Å². The summed E-state index contributed by atoms with van der Waals surface area (Å²) in [5.41, 5.74) is 24.9. The van der Waals surface area contributed by atoms with Crippen molar-refractivity contribution in [1.29, 1.82) is 0 Å². The molecule has 0 atom stereocenters. The van der Waals surface area contributed by atoms with Gasteiger partial charge in [0, 0.05) is 123 Å². The van der Waals surface area contributed by atoms with Gasteiger partial charge in [0.05, 0.1) is 0 Å². The number of para-hydroxylation sites is 5. The quantitative estimate of drug-likeness (QED) is 0.164. The van der Waals surface area contributed by atoms with Crippen LogP contribution in [-0.2, 0) is 0 Å². The Balaban J connectivity index is 0.000000102. The van der Waals surface area contributed by atoms with E-state index in [1.54, 1.807) is 49.1 Å². The lowest BCUT2D eigenvalue weighted by Gasteiger charge is -2.03. The van der Waals surface area contributed by atoms with Crippen LogP contribution in [0, 0.1) is 34.5 Å². The monoisotopic (exact) mass is 1300 g/mol. The van der Waals surface area contributed by atoms with E-state index in [1.807, 2.05) is 158 Å². The number of hydrogen-bond donors (Lipinski definition) is 0. The van der Waals surface area contributed by atoms with Crippen molar-refractivity contribution >= 4 is 110 Å². The molecule has 10 aromatic heterocycles. The van der Waals surface area contributed by atoms with Crippen molar-refractivity contribution in [2.24, 2.45) is 0 Å². The van der Waals surface area contributed by atoms with E-state index in [-0.39, 0.29) is 0 Å². The molecule has 0 bridgehead atoms. The molecule has 100 heavy (non-hydrogen) atoms. The molecule has 0 amide bonds. The van der Waals surface area contributed by atoms with E-state index in [0.29, 0.717) is 16.8 Å². The van der Waals surface area contributed by atoms with Gasteiger partial charge in [-0.05, 0) is 123 Å². The van der Waals surface area contributed by atoms with Gasteiger partial charge in [-0.25, -0.2) is 4.98 Å². The predicted molar refractivity (Wildman–Crippen MR) is 408 cm³/mol. The first-order chi connectivity index (χ1) is 51.6. The molecule has 20 aromatic rings. The maximum atomic E-state index is 7.46. The smallest absolute Gasteiger partial charge is 0.227 e. The van der Waals surface area contributed by atoms with E-state index in [2.05, 4.69) is 143 Å². The SMILES string of the molecule is Cc1ccc(-c2cccc3c2oc2ncccc23)cc1.Cc1ccc(-c2ccnc3c2oc2ccccc23)cc1.Cc1ccc(-c2cncc3c2oc2ccccc23)cc1.[2H]C([2H])([2H])c1ccc(-c2cccc3c2oc2cccnc23)cc1.[2H]C([2H])([2H])c1ccc(-c2cccc3c2oc2ccncc23)cc1. The third-order valence-electron chi connectivity index (χ3n) is 17.9. The standard InChI is InChI=1S/5C18H13NO/c1-12-7-9-13(10-8-12)14-4-2-5-15-17-16(20-18(14)15)6-3-11-19-17;1-12-7-9-13(10-8-12)14-4-2-5-15-16-6-3-11-19-18(16)20-17(14)15;1-12-5-7-13(8-6-12)14-3-2-4-15-16-11-19-10-9-17(16)20-18(14)15;1-12-6-8-13(9-7-12)15-10-19-11-16-14-4-2-3-5-17(14)20-18(15)16;1-12-6-8-13(9-7-12)14-10-11-19-17-15-4-2-3-5-16(15)20-18(14)17/h5*2-11H,1H3/i1D3;;1D3;;. The molecule has 0 aliphatic carbocycles. The number of aryl methyl sites for hydroxylation is 5. The molecule has 0 spiro atoms. The molecular weight excluding hydrogens is 1230 g/mol. The molecule has 20 rings (SSSR count). The van der Waals surface area contributed by atoms with Crippen molar-refractivity contribution in [2.45, 2.75) is 34.5 Å². The largest absolute Gasteiger partial charge is 0.455 e. The Morgan fingerprint density at radius 1 is 0.240 bits per heavy atom. The molecule has 0 saturated heterocycles. The van der Waals surface area contributed by atoms with Crippen molar-refractivity contribution in [1.82, 2.24) is 24.9 Å². The maximum Gasteiger partial charge on any atom is 0.227 e. The summed E-state index contributed by atoms with van der Waals surface area (Å²) in [7, 11) is 0. The third kappa shape index (κ3) is 12.2. The molecule has 10 heterocycles. The normalized spacial score (nSPS) is 12.4. The van der Waals surface area contributed by atoms with Crippen LogP contribution in [0.3, 0.4) is 0 Å².